The molecule has 2 unspecified atom stereocenters. The van der Waals surface area contributed by atoms with Crippen LogP contribution in [0.15, 0.2) is 18.2 Å². The van der Waals surface area contributed by atoms with Crippen molar-refractivity contribution in [3.8, 4) is 0 Å². The molecule has 3 N–H and O–H groups in total. The van der Waals surface area contributed by atoms with Crippen molar-refractivity contribution in [1.82, 2.24) is 0 Å². The normalized spacial score (nSPS) is 13.8. The Bertz CT molecular complexity index is 497. The molecule has 0 spiro atoms. The third-order valence-electron chi connectivity index (χ3n) is 2.73. The Balaban J connectivity index is 2.61. The molecule has 1 rings (SSSR count). The number of hydrogen-bond acceptors (Lipinski definition) is 4. The average Bonchev–Trinajstić information content (AvgIpc) is 2.42. The molecule has 0 aromatic heterocycles. The lowest BCUT2D eigenvalue weighted by Gasteiger charge is -2.13. The van der Waals surface area contributed by atoms with Gasteiger partial charge in [0.05, 0.1) is 11.4 Å². The number of anilines is 2. The van der Waals surface area contributed by atoms with Crippen molar-refractivity contribution in [2.75, 3.05) is 30.5 Å². The minimum Gasteiger partial charge on any atom is -0.397 e. The van der Waals surface area contributed by atoms with Gasteiger partial charge >= 0.3 is 0 Å². The molecule has 0 saturated heterocycles. The second kappa shape index (κ2) is 8.24. The molecule has 112 valence electrons. The van der Waals surface area contributed by atoms with Gasteiger partial charge in [0, 0.05) is 35.3 Å². The molecular formula is C13H19ClN2O3S. The molecule has 0 aliphatic heterocycles. The van der Waals surface area contributed by atoms with Gasteiger partial charge in [0.2, 0.25) is 5.91 Å². The summed E-state index contributed by atoms with van der Waals surface area (Å²) in [6.45, 7) is 2.15. The first-order valence-electron chi connectivity index (χ1n) is 6.17. The van der Waals surface area contributed by atoms with Gasteiger partial charge in [-0.25, -0.2) is 0 Å². The molecule has 7 heteroatoms. The van der Waals surface area contributed by atoms with E-state index in [1.165, 1.54) is 0 Å². The third-order valence-corrected chi connectivity index (χ3v) is 4.66. The zero-order chi connectivity index (χ0) is 15.1. The van der Waals surface area contributed by atoms with Crippen molar-refractivity contribution in [2.24, 2.45) is 0 Å². The highest BCUT2D eigenvalue weighted by molar-refractivity contribution is 7.86. The van der Waals surface area contributed by atoms with E-state index in [0.717, 1.165) is 0 Å². The van der Waals surface area contributed by atoms with Crippen LogP contribution < -0.4 is 11.1 Å². The Morgan fingerprint density at radius 3 is 2.90 bits per heavy atom. The predicted molar refractivity (Wildman–Crippen MR) is 83.5 cm³/mol. The molecule has 1 amide bonds. The zero-order valence-corrected chi connectivity index (χ0v) is 13.1. The lowest BCUT2D eigenvalue weighted by Crippen LogP contribution is -2.30. The van der Waals surface area contributed by atoms with E-state index < -0.39 is 16.0 Å². The van der Waals surface area contributed by atoms with Crippen LogP contribution in [0.2, 0.25) is 5.02 Å². The van der Waals surface area contributed by atoms with Crippen molar-refractivity contribution in [1.29, 1.82) is 0 Å². The van der Waals surface area contributed by atoms with Crippen LogP contribution in [0.3, 0.4) is 0 Å². The number of nitrogen functional groups attached to an aromatic ring is 1. The monoisotopic (exact) mass is 318 g/mol. The maximum atomic E-state index is 12.0. The fourth-order valence-corrected chi connectivity index (χ4v) is 2.74. The van der Waals surface area contributed by atoms with Crippen molar-refractivity contribution in [3.05, 3.63) is 23.2 Å². The van der Waals surface area contributed by atoms with E-state index in [0.29, 0.717) is 35.2 Å². The van der Waals surface area contributed by atoms with Crippen LogP contribution in [0.25, 0.3) is 0 Å². The van der Waals surface area contributed by atoms with Crippen molar-refractivity contribution >= 4 is 39.7 Å². The molecule has 5 nitrogen and oxygen atoms in total. The van der Waals surface area contributed by atoms with Crippen LogP contribution in [0.4, 0.5) is 11.4 Å². The van der Waals surface area contributed by atoms with E-state index in [4.69, 9.17) is 22.1 Å². The predicted octanol–water partition coefficient (Wildman–Crippen LogP) is 2.03. The number of carbonyl (C=O) groups excluding carboxylic acids is 1. The number of ether oxygens (including phenoxy) is 1. The molecule has 0 bridgehead atoms. The zero-order valence-electron chi connectivity index (χ0n) is 11.5. The van der Waals surface area contributed by atoms with Crippen LogP contribution in [0.1, 0.15) is 13.3 Å². The topological polar surface area (TPSA) is 81.4 Å². The Labute approximate surface area is 126 Å². The van der Waals surface area contributed by atoms with Gasteiger partial charge in [0.15, 0.2) is 0 Å². The van der Waals surface area contributed by atoms with Gasteiger partial charge in [-0.15, -0.1) is 0 Å². The van der Waals surface area contributed by atoms with Crippen LogP contribution >= 0.6 is 11.6 Å². The number of amides is 1. The van der Waals surface area contributed by atoms with E-state index in [-0.39, 0.29) is 5.91 Å². The molecule has 0 aliphatic carbocycles. The average molecular weight is 319 g/mol. The molecule has 0 saturated carbocycles. The standard InChI is InChI=1S/C13H19ClN2O3S/c1-9(20(18)7-3-6-19-2)13(17)16-12-8-10(14)4-5-11(12)15/h4-5,8-9H,3,6-7,15H2,1-2H3,(H,16,17). The van der Waals surface area contributed by atoms with Gasteiger partial charge in [-0.05, 0) is 31.5 Å². The van der Waals surface area contributed by atoms with E-state index >= 15 is 0 Å². The largest absolute Gasteiger partial charge is 0.397 e. The summed E-state index contributed by atoms with van der Waals surface area (Å²) in [6.07, 6.45) is 0.653. The van der Waals surface area contributed by atoms with Gasteiger partial charge in [0.1, 0.15) is 5.25 Å². The minimum atomic E-state index is -1.25. The summed E-state index contributed by atoms with van der Waals surface area (Å²) in [6, 6.07) is 4.81. The number of benzene rings is 1. The molecule has 1 aromatic carbocycles. The fourth-order valence-electron chi connectivity index (χ4n) is 1.51. The lowest BCUT2D eigenvalue weighted by atomic mass is 10.2. The van der Waals surface area contributed by atoms with Crippen molar-refractivity contribution in [3.63, 3.8) is 0 Å². The Kier molecular flexibility index (Phi) is 6.98. The highest BCUT2D eigenvalue weighted by Crippen LogP contribution is 2.23. The summed E-state index contributed by atoms with van der Waals surface area (Å²) in [5.74, 6) is 0.0858. The first kappa shape index (κ1) is 16.9. The number of hydrogen-bond donors (Lipinski definition) is 2. The molecule has 0 aliphatic rings. The SMILES string of the molecule is COCCCS(=O)C(C)C(=O)Nc1cc(Cl)ccc1N. The molecule has 0 heterocycles. The van der Waals surface area contributed by atoms with Gasteiger partial charge in [-0.2, -0.15) is 0 Å². The van der Waals surface area contributed by atoms with Crippen molar-refractivity contribution < 1.29 is 13.7 Å². The van der Waals surface area contributed by atoms with E-state index in [2.05, 4.69) is 5.32 Å². The lowest BCUT2D eigenvalue weighted by molar-refractivity contribution is -0.115. The van der Waals surface area contributed by atoms with Gasteiger partial charge in [-0.1, -0.05) is 11.6 Å². The molecule has 20 heavy (non-hydrogen) atoms. The minimum absolute atomic E-state index is 0.338. The maximum Gasteiger partial charge on any atom is 0.239 e. The summed E-state index contributed by atoms with van der Waals surface area (Å²) in [7, 11) is 0.336. The maximum absolute atomic E-state index is 12.0. The number of carbonyl (C=O) groups is 1. The van der Waals surface area contributed by atoms with Gasteiger partial charge in [-0.3, -0.25) is 9.00 Å². The van der Waals surface area contributed by atoms with Crippen LogP contribution in [-0.4, -0.2) is 34.8 Å². The molecule has 0 fully saturated rings. The Morgan fingerprint density at radius 2 is 2.25 bits per heavy atom. The highest BCUT2D eigenvalue weighted by Gasteiger charge is 2.20. The number of nitrogens with one attached hydrogen (secondary N) is 1. The Hall–Kier alpha value is -1.11. The van der Waals surface area contributed by atoms with E-state index in [1.807, 2.05) is 0 Å². The number of halogens is 1. The Morgan fingerprint density at radius 1 is 1.55 bits per heavy atom. The quantitative estimate of drug-likeness (QED) is 0.595. The van der Waals surface area contributed by atoms with Crippen LogP contribution in [0.5, 0.6) is 0 Å². The summed E-state index contributed by atoms with van der Waals surface area (Å²) in [5.41, 5.74) is 6.60. The van der Waals surface area contributed by atoms with Crippen molar-refractivity contribution in [2.45, 2.75) is 18.6 Å². The fraction of sp³-hybridized carbons (Fsp3) is 0.462. The summed E-state index contributed by atoms with van der Waals surface area (Å²) in [5, 5.41) is 2.50. The first-order chi connectivity index (χ1) is 9.45. The third kappa shape index (κ3) is 5.11. The smallest absolute Gasteiger partial charge is 0.239 e. The summed E-state index contributed by atoms with van der Waals surface area (Å²) >= 11 is 5.85. The highest BCUT2D eigenvalue weighted by atomic mass is 35.5. The number of methoxy groups -OCH3 is 1. The van der Waals surface area contributed by atoms with Gasteiger partial charge in [0.25, 0.3) is 0 Å². The molecule has 0 radical (unpaired) electrons. The van der Waals surface area contributed by atoms with Crippen LogP contribution in [-0.2, 0) is 20.3 Å². The van der Waals surface area contributed by atoms with Gasteiger partial charge < -0.3 is 15.8 Å². The van der Waals surface area contributed by atoms with Crippen LogP contribution in [0, 0.1) is 0 Å². The second-order valence-electron chi connectivity index (χ2n) is 4.29. The summed E-state index contributed by atoms with van der Waals surface area (Å²) in [4.78, 5) is 12.0. The molecule has 2 atom stereocenters. The number of rotatable bonds is 7. The van der Waals surface area contributed by atoms with E-state index in [1.54, 1.807) is 32.2 Å². The molecular weight excluding hydrogens is 300 g/mol. The molecule has 1 aromatic rings. The first-order valence-corrected chi connectivity index (χ1v) is 7.93. The van der Waals surface area contributed by atoms with E-state index in [9.17, 15) is 9.00 Å². The number of nitrogens with two attached hydrogens (primary N) is 1. The second-order valence-corrected chi connectivity index (χ2v) is 6.61. The summed E-state index contributed by atoms with van der Waals surface area (Å²) < 4.78 is 16.8.